The van der Waals surface area contributed by atoms with Crippen LogP contribution in [0, 0.1) is 5.82 Å². The smallest absolute Gasteiger partial charge is 0.379 e. The predicted molar refractivity (Wildman–Crippen MR) is 112 cm³/mol. The Balaban J connectivity index is 0.00000729. The van der Waals surface area contributed by atoms with E-state index in [2.05, 4.69) is 22.5 Å². The van der Waals surface area contributed by atoms with Crippen molar-refractivity contribution < 1.29 is 27.0 Å². The maximum absolute atomic E-state index is 13.1. The molecule has 10 heteroatoms. The average molecular weight is 521 g/mol. The highest BCUT2D eigenvalue weighted by atomic mass is 127. The van der Waals surface area contributed by atoms with Gasteiger partial charge in [-0.25, -0.2) is 4.39 Å². The van der Waals surface area contributed by atoms with Crippen LogP contribution in [0.25, 0.3) is 0 Å². The fourth-order valence-electron chi connectivity index (χ4n) is 2.18. The van der Waals surface area contributed by atoms with Gasteiger partial charge in [0.15, 0.2) is 5.96 Å². The summed E-state index contributed by atoms with van der Waals surface area (Å²) in [6, 6.07) is 2.60. The van der Waals surface area contributed by atoms with E-state index in [4.69, 9.17) is 9.47 Å². The summed E-state index contributed by atoms with van der Waals surface area (Å²) in [5, 5.41) is 5.72. The number of guanidine groups is 1. The van der Waals surface area contributed by atoms with E-state index in [-0.39, 0.29) is 36.1 Å². The van der Waals surface area contributed by atoms with Gasteiger partial charge in [0.05, 0.1) is 25.4 Å². The molecule has 0 saturated heterocycles. The van der Waals surface area contributed by atoms with Crippen molar-refractivity contribution in [2.24, 2.45) is 4.99 Å². The Morgan fingerprint density at radius 3 is 2.36 bits per heavy atom. The van der Waals surface area contributed by atoms with Gasteiger partial charge in [0.1, 0.15) is 5.82 Å². The lowest BCUT2D eigenvalue weighted by molar-refractivity contribution is -0.138. The van der Waals surface area contributed by atoms with Crippen LogP contribution < -0.4 is 10.6 Å². The maximum atomic E-state index is 13.1. The van der Waals surface area contributed by atoms with Gasteiger partial charge in [0.2, 0.25) is 0 Å². The Hall–Kier alpha value is -1.14. The number of nitrogens with zero attached hydrogens (tertiary/aromatic N) is 1. The van der Waals surface area contributed by atoms with E-state index < -0.39 is 17.6 Å². The quantitative estimate of drug-likeness (QED) is 0.152. The first-order chi connectivity index (χ1) is 12.9. The summed E-state index contributed by atoms with van der Waals surface area (Å²) in [4.78, 5) is 3.94. The average Bonchev–Trinajstić information content (AvgIpc) is 2.62. The van der Waals surface area contributed by atoms with Crippen LogP contribution in [0.3, 0.4) is 0 Å². The number of nitrogens with one attached hydrogen (secondary N) is 2. The highest BCUT2D eigenvalue weighted by Gasteiger charge is 2.33. The van der Waals surface area contributed by atoms with E-state index >= 15 is 0 Å². The Morgan fingerprint density at radius 1 is 1.07 bits per heavy atom. The first-order valence-corrected chi connectivity index (χ1v) is 8.84. The number of halogens is 5. The molecule has 0 fully saturated rings. The Labute approximate surface area is 180 Å². The lowest BCUT2D eigenvalue weighted by Gasteiger charge is -2.16. The molecule has 0 aromatic heterocycles. The van der Waals surface area contributed by atoms with Crippen LogP contribution in [0.4, 0.5) is 17.6 Å². The van der Waals surface area contributed by atoms with Gasteiger partial charge in [-0.05, 0) is 24.1 Å². The zero-order valence-electron chi connectivity index (χ0n) is 16.1. The Bertz CT molecular complexity index is 586. The molecule has 0 aliphatic heterocycles. The highest BCUT2D eigenvalue weighted by Crippen LogP contribution is 2.32. The van der Waals surface area contributed by atoms with Crippen LogP contribution in [0.5, 0.6) is 0 Å². The lowest BCUT2D eigenvalue weighted by Crippen LogP contribution is -2.39. The third-order valence-electron chi connectivity index (χ3n) is 3.60. The SMILES string of the molecule is CCCCOCCOCCNC(=NC)NCc1ccc(F)cc1C(F)(F)F.I. The van der Waals surface area contributed by atoms with Crippen molar-refractivity contribution >= 4 is 29.9 Å². The monoisotopic (exact) mass is 521 g/mol. The Kier molecular flexibility index (Phi) is 14.2. The standard InChI is InChI=1S/C18H27F4N3O2.HI/c1-3-4-8-26-10-11-27-9-7-24-17(23-2)25-13-14-5-6-15(19)12-16(14)18(20,21)22;/h5-6,12H,3-4,7-11,13H2,1-2H3,(H2,23,24,25);1H. The van der Waals surface area contributed by atoms with Gasteiger partial charge in [0.25, 0.3) is 0 Å². The second-order valence-electron chi connectivity index (χ2n) is 5.73. The number of unbranched alkanes of at least 4 members (excludes halogenated alkanes) is 1. The van der Waals surface area contributed by atoms with E-state index in [1.165, 1.54) is 7.05 Å². The first kappa shape index (κ1) is 26.9. The fourth-order valence-corrected chi connectivity index (χ4v) is 2.18. The summed E-state index contributed by atoms with van der Waals surface area (Å²) in [5.41, 5.74) is -1.07. The van der Waals surface area contributed by atoms with Crippen LogP contribution in [0.2, 0.25) is 0 Å². The molecular formula is C18H28F4IN3O2. The minimum Gasteiger partial charge on any atom is -0.379 e. The number of rotatable bonds is 11. The van der Waals surface area contributed by atoms with Crippen LogP contribution in [0.15, 0.2) is 23.2 Å². The molecule has 1 rings (SSSR count). The molecule has 1 aromatic carbocycles. The molecule has 0 amide bonds. The van der Waals surface area contributed by atoms with Crippen molar-refractivity contribution in [1.82, 2.24) is 10.6 Å². The molecule has 0 aliphatic rings. The first-order valence-electron chi connectivity index (χ1n) is 8.84. The van der Waals surface area contributed by atoms with Crippen molar-refractivity contribution in [2.45, 2.75) is 32.5 Å². The molecule has 0 atom stereocenters. The summed E-state index contributed by atoms with van der Waals surface area (Å²) >= 11 is 0. The molecule has 5 nitrogen and oxygen atoms in total. The number of hydrogen-bond acceptors (Lipinski definition) is 3. The number of hydrogen-bond donors (Lipinski definition) is 2. The summed E-state index contributed by atoms with van der Waals surface area (Å²) in [6.45, 7) is 4.51. The van der Waals surface area contributed by atoms with Crippen LogP contribution >= 0.6 is 24.0 Å². The number of ether oxygens (including phenoxy) is 2. The lowest BCUT2D eigenvalue weighted by atomic mass is 10.1. The topological polar surface area (TPSA) is 54.9 Å². The number of aliphatic imine (C=N–C) groups is 1. The summed E-state index contributed by atoms with van der Waals surface area (Å²) in [5.74, 6) is -0.598. The fraction of sp³-hybridized carbons (Fsp3) is 0.611. The zero-order valence-corrected chi connectivity index (χ0v) is 18.4. The van der Waals surface area contributed by atoms with Gasteiger partial charge in [-0.2, -0.15) is 13.2 Å². The van der Waals surface area contributed by atoms with Gasteiger partial charge in [-0.1, -0.05) is 19.4 Å². The Morgan fingerprint density at radius 2 is 1.75 bits per heavy atom. The molecule has 0 aliphatic carbocycles. The minimum atomic E-state index is -4.62. The van der Waals surface area contributed by atoms with Crippen LogP contribution in [-0.4, -0.2) is 46.0 Å². The third-order valence-corrected chi connectivity index (χ3v) is 3.60. The van der Waals surface area contributed by atoms with E-state index in [1.807, 2.05) is 0 Å². The molecule has 0 bridgehead atoms. The van der Waals surface area contributed by atoms with Crippen LogP contribution in [-0.2, 0) is 22.2 Å². The third kappa shape index (κ3) is 11.0. The summed E-state index contributed by atoms with van der Waals surface area (Å²) < 4.78 is 62.8. The van der Waals surface area contributed by atoms with Crippen molar-refractivity contribution in [3.05, 3.63) is 35.1 Å². The highest BCUT2D eigenvalue weighted by molar-refractivity contribution is 14.0. The van der Waals surface area contributed by atoms with Gasteiger partial charge in [0, 0.05) is 26.7 Å². The molecule has 1 aromatic rings. The zero-order chi connectivity index (χ0) is 20.1. The summed E-state index contributed by atoms with van der Waals surface area (Å²) in [7, 11) is 1.51. The van der Waals surface area contributed by atoms with Crippen LogP contribution in [0.1, 0.15) is 30.9 Å². The van der Waals surface area contributed by atoms with Gasteiger partial charge < -0.3 is 20.1 Å². The van der Waals surface area contributed by atoms with Gasteiger partial charge in [-0.3, -0.25) is 4.99 Å². The van der Waals surface area contributed by atoms with Crippen molar-refractivity contribution in [3.63, 3.8) is 0 Å². The van der Waals surface area contributed by atoms with Gasteiger partial charge >= 0.3 is 6.18 Å². The molecule has 0 radical (unpaired) electrons. The van der Waals surface area contributed by atoms with E-state index in [0.717, 1.165) is 31.6 Å². The molecule has 0 spiro atoms. The molecule has 162 valence electrons. The molecule has 0 unspecified atom stereocenters. The second kappa shape index (κ2) is 14.8. The number of alkyl halides is 3. The summed E-state index contributed by atoms with van der Waals surface area (Å²) in [6.07, 6.45) is -2.52. The molecular weight excluding hydrogens is 493 g/mol. The van der Waals surface area contributed by atoms with Crippen molar-refractivity contribution in [2.75, 3.05) is 40.0 Å². The molecule has 28 heavy (non-hydrogen) atoms. The van der Waals surface area contributed by atoms with Crippen molar-refractivity contribution in [1.29, 1.82) is 0 Å². The molecule has 0 saturated carbocycles. The molecule has 0 heterocycles. The normalized spacial score (nSPS) is 11.9. The minimum absolute atomic E-state index is 0. The van der Waals surface area contributed by atoms with Gasteiger partial charge in [-0.15, -0.1) is 24.0 Å². The maximum Gasteiger partial charge on any atom is 0.416 e. The van der Waals surface area contributed by atoms with Crippen molar-refractivity contribution in [3.8, 4) is 0 Å². The largest absolute Gasteiger partial charge is 0.416 e. The number of benzene rings is 1. The van der Waals surface area contributed by atoms with E-state index in [1.54, 1.807) is 0 Å². The van der Waals surface area contributed by atoms with E-state index in [9.17, 15) is 17.6 Å². The predicted octanol–water partition coefficient (Wildman–Crippen LogP) is 3.96. The molecule has 2 N–H and O–H groups in total. The van der Waals surface area contributed by atoms with E-state index in [0.29, 0.717) is 38.4 Å². The second-order valence-corrected chi connectivity index (χ2v) is 5.73.